The minimum absolute atomic E-state index is 0.110. The van der Waals surface area contributed by atoms with Crippen LogP contribution in [0.2, 0.25) is 0 Å². The van der Waals surface area contributed by atoms with E-state index in [1.807, 2.05) is 11.0 Å². The number of likely N-dealkylation sites (tertiary alicyclic amines) is 1. The third-order valence-corrected chi connectivity index (χ3v) is 4.88. The first-order chi connectivity index (χ1) is 12.2. The van der Waals surface area contributed by atoms with E-state index in [4.69, 9.17) is 13.9 Å². The molecule has 7 nitrogen and oxygen atoms in total. The van der Waals surface area contributed by atoms with Gasteiger partial charge in [0, 0.05) is 13.1 Å². The van der Waals surface area contributed by atoms with E-state index in [0.717, 1.165) is 25.9 Å². The van der Waals surface area contributed by atoms with Crippen LogP contribution in [0, 0.1) is 0 Å². The Kier molecular flexibility index (Phi) is 5.80. The van der Waals surface area contributed by atoms with E-state index in [-0.39, 0.29) is 5.91 Å². The minimum atomic E-state index is 0.110. The van der Waals surface area contributed by atoms with Crippen LogP contribution in [-0.4, -0.2) is 54.1 Å². The minimum Gasteiger partial charge on any atom is -0.496 e. The van der Waals surface area contributed by atoms with Crippen LogP contribution in [-0.2, 0) is 4.79 Å². The molecule has 0 unspecified atom stereocenters. The number of ether oxygens (including phenoxy) is 2. The molecule has 0 N–H and O–H groups in total. The van der Waals surface area contributed by atoms with Gasteiger partial charge < -0.3 is 18.8 Å². The van der Waals surface area contributed by atoms with Gasteiger partial charge in [0.1, 0.15) is 17.1 Å². The molecular formula is C17H21N3O4S. The summed E-state index contributed by atoms with van der Waals surface area (Å²) >= 11 is 1.25. The number of hydrogen-bond donors (Lipinski definition) is 0. The molecule has 1 aliphatic rings. The molecule has 25 heavy (non-hydrogen) atoms. The summed E-state index contributed by atoms with van der Waals surface area (Å²) in [5.74, 6) is 1.89. The first kappa shape index (κ1) is 17.6. The Balaban J connectivity index is 1.69. The Hall–Kier alpha value is -2.22. The number of methoxy groups -OCH3 is 2. The number of carbonyl (C=O) groups is 1. The first-order valence-electron chi connectivity index (χ1n) is 8.18. The molecule has 1 amide bonds. The first-order valence-corrected chi connectivity index (χ1v) is 9.17. The largest absolute Gasteiger partial charge is 0.496 e. The fourth-order valence-corrected chi connectivity index (χ4v) is 3.46. The van der Waals surface area contributed by atoms with E-state index in [1.165, 1.54) is 18.2 Å². The summed E-state index contributed by atoms with van der Waals surface area (Å²) in [5.41, 5.74) is 0.606. The Morgan fingerprint density at radius 3 is 2.48 bits per heavy atom. The molecule has 0 bridgehead atoms. The van der Waals surface area contributed by atoms with Gasteiger partial charge in [0.05, 0.1) is 20.0 Å². The molecule has 1 aliphatic heterocycles. The van der Waals surface area contributed by atoms with Gasteiger partial charge in [-0.1, -0.05) is 17.8 Å². The summed E-state index contributed by atoms with van der Waals surface area (Å²) in [6.07, 6.45) is 3.36. The van der Waals surface area contributed by atoms with E-state index >= 15 is 0 Å². The van der Waals surface area contributed by atoms with E-state index in [0.29, 0.717) is 33.9 Å². The van der Waals surface area contributed by atoms with Crippen molar-refractivity contribution in [2.75, 3.05) is 33.1 Å². The number of nitrogens with zero attached hydrogens (tertiary/aromatic N) is 3. The standard InChI is InChI=1S/C17H21N3O4S/c1-22-12-7-6-8-13(23-2)15(12)16-18-19-17(24-16)25-11-14(21)20-9-4-3-5-10-20/h6-8H,3-5,9-11H2,1-2H3. The van der Waals surface area contributed by atoms with Gasteiger partial charge in [-0.2, -0.15) is 0 Å². The van der Waals surface area contributed by atoms with E-state index < -0.39 is 0 Å². The zero-order valence-corrected chi connectivity index (χ0v) is 15.2. The third-order valence-electron chi connectivity index (χ3n) is 4.08. The Bertz CT molecular complexity index is 706. The van der Waals surface area contributed by atoms with Gasteiger partial charge in [-0.25, -0.2) is 0 Å². The molecule has 0 spiro atoms. The van der Waals surface area contributed by atoms with Crippen molar-refractivity contribution < 1.29 is 18.7 Å². The molecule has 1 aromatic carbocycles. The predicted octanol–water partition coefficient (Wildman–Crippen LogP) is 2.86. The summed E-state index contributed by atoms with van der Waals surface area (Å²) in [6.45, 7) is 1.68. The Labute approximate surface area is 150 Å². The van der Waals surface area contributed by atoms with Crippen LogP contribution in [0.15, 0.2) is 27.8 Å². The number of benzene rings is 1. The number of amides is 1. The average molecular weight is 363 g/mol. The van der Waals surface area contributed by atoms with Gasteiger partial charge in [-0.3, -0.25) is 4.79 Å². The van der Waals surface area contributed by atoms with Gasteiger partial charge in [0.15, 0.2) is 0 Å². The van der Waals surface area contributed by atoms with Crippen molar-refractivity contribution in [3.8, 4) is 23.0 Å². The quantitative estimate of drug-likeness (QED) is 0.730. The number of hydrogen-bond acceptors (Lipinski definition) is 7. The second-order valence-corrected chi connectivity index (χ2v) is 6.57. The van der Waals surface area contributed by atoms with Crippen LogP contribution in [0.4, 0.5) is 0 Å². The topological polar surface area (TPSA) is 77.7 Å². The van der Waals surface area contributed by atoms with Gasteiger partial charge >= 0.3 is 0 Å². The summed E-state index contributed by atoms with van der Waals surface area (Å²) in [7, 11) is 3.14. The monoisotopic (exact) mass is 363 g/mol. The molecule has 0 atom stereocenters. The van der Waals surface area contributed by atoms with Gasteiger partial charge in [-0.15, -0.1) is 10.2 Å². The van der Waals surface area contributed by atoms with Crippen molar-refractivity contribution in [3.63, 3.8) is 0 Å². The van der Waals surface area contributed by atoms with Crippen molar-refractivity contribution in [1.29, 1.82) is 0 Å². The molecular weight excluding hydrogens is 342 g/mol. The fraction of sp³-hybridized carbons (Fsp3) is 0.471. The predicted molar refractivity (Wildman–Crippen MR) is 94.0 cm³/mol. The highest BCUT2D eigenvalue weighted by molar-refractivity contribution is 7.99. The Morgan fingerprint density at radius 2 is 1.84 bits per heavy atom. The maximum atomic E-state index is 12.2. The van der Waals surface area contributed by atoms with Crippen molar-refractivity contribution in [3.05, 3.63) is 18.2 Å². The highest BCUT2D eigenvalue weighted by Crippen LogP contribution is 2.38. The highest BCUT2D eigenvalue weighted by atomic mass is 32.2. The lowest BCUT2D eigenvalue weighted by Crippen LogP contribution is -2.36. The molecule has 1 fully saturated rings. The molecule has 8 heteroatoms. The SMILES string of the molecule is COc1cccc(OC)c1-c1nnc(SCC(=O)N2CCCCC2)o1. The molecule has 3 rings (SSSR count). The van der Waals surface area contributed by atoms with Crippen LogP contribution in [0.3, 0.4) is 0 Å². The van der Waals surface area contributed by atoms with Crippen molar-refractivity contribution in [1.82, 2.24) is 15.1 Å². The second-order valence-electron chi connectivity index (χ2n) is 5.64. The molecule has 2 aromatic rings. The molecule has 2 heterocycles. The lowest BCUT2D eigenvalue weighted by Gasteiger charge is -2.26. The van der Waals surface area contributed by atoms with Crippen molar-refractivity contribution in [2.45, 2.75) is 24.5 Å². The third kappa shape index (κ3) is 4.07. The van der Waals surface area contributed by atoms with Crippen molar-refractivity contribution in [2.24, 2.45) is 0 Å². The molecule has 1 aromatic heterocycles. The van der Waals surface area contributed by atoms with Crippen LogP contribution in [0.25, 0.3) is 11.5 Å². The van der Waals surface area contributed by atoms with E-state index in [9.17, 15) is 4.79 Å². The highest BCUT2D eigenvalue weighted by Gasteiger charge is 2.21. The summed E-state index contributed by atoms with van der Waals surface area (Å²) < 4.78 is 16.4. The normalized spacial score (nSPS) is 14.4. The second kappa shape index (κ2) is 8.24. The Morgan fingerprint density at radius 1 is 1.16 bits per heavy atom. The van der Waals surface area contributed by atoms with E-state index in [1.54, 1.807) is 26.4 Å². The lowest BCUT2D eigenvalue weighted by molar-refractivity contribution is -0.129. The molecule has 1 saturated heterocycles. The summed E-state index contributed by atoms with van der Waals surface area (Å²) in [5, 5.41) is 8.45. The van der Waals surface area contributed by atoms with Crippen LogP contribution >= 0.6 is 11.8 Å². The maximum Gasteiger partial charge on any atom is 0.277 e. The van der Waals surface area contributed by atoms with Gasteiger partial charge in [0.25, 0.3) is 11.1 Å². The van der Waals surface area contributed by atoms with Crippen LogP contribution in [0.1, 0.15) is 19.3 Å². The zero-order valence-electron chi connectivity index (χ0n) is 14.4. The number of thioether (sulfide) groups is 1. The molecule has 0 saturated carbocycles. The van der Waals surface area contributed by atoms with Gasteiger partial charge in [-0.05, 0) is 31.4 Å². The number of rotatable bonds is 6. The summed E-state index contributed by atoms with van der Waals surface area (Å²) in [6, 6.07) is 5.42. The van der Waals surface area contributed by atoms with Crippen molar-refractivity contribution >= 4 is 17.7 Å². The van der Waals surface area contributed by atoms with Crippen LogP contribution in [0.5, 0.6) is 11.5 Å². The molecule has 0 aliphatic carbocycles. The van der Waals surface area contributed by atoms with Gasteiger partial charge in [0.2, 0.25) is 5.91 Å². The molecule has 0 radical (unpaired) electrons. The average Bonchev–Trinajstić information content (AvgIpc) is 3.14. The van der Waals surface area contributed by atoms with E-state index in [2.05, 4.69) is 10.2 Å². The lowest BCUT2D eigenvalue weighted by atomic mass is 10.1. The maximum absolute atomic E-state index is 12.2. The zero-order chi connectivity index (χ0) is 17.6. The van der Waals surface area contributed by atoms with Crippen LogP contribution < -0.4 is 9.47 Å². The number of carbonyl (C=O) groups excluding carboxylic acids is 1. The fourth-order valence-electron chi connectivity index (χ4n) is 2.79. The summed E-state index contributed by atoms with van der Waals surface area (Å²) in [4.78, 5) is 14.1. The smallest absolute Gasteiger partial charge is 0.277 e. The number of aromatic nitrogens is 2. The number of piperidine rings is 1. The molecule has 134 valence electrons.